The highest BCUT2D eigenvalue weighted by atomic mass is 16.6. The summed E-state index contributed by atoms with van der Waals surface area (Å²) >= 11 is 0. The number of carbonyl (C=O) groups is 1. The van der Waals surface area contributed by atoms with Crippen molar-refractivity contribution in [1.82, 2.24) is 0 Å². The zero-order chi connectivity index (χ0) is 43.5. The lowest BCUT2D eigenvalue weighted by Gasteiger charge is -2.04. The van der Waals surface area contributed by atoms with Gasteiger partial charge in [-0.15, -0.1) is 0 Å². The maximum absolute atomic E-state index is 12.4. The molecule has 1 atom stereocenters. The molecule has 1 fully saturated rings. The summed E-state index contributed by atoms with van der Waals surface area (Å²) in [6.45, 7) is -4.76. The third-order valence-electron chi connectivity index (χ3n) is 1.72. The molecule has 0 aromatic carbocycles. The highest BCUT2D eigenvalue weighted by Gasteiger charge is 2.23. The molecule has 22 heavy (non-hydrogen) atoms. The lowest BCUT2D eigenvalue weighted by Crippen LogP contribution is -2.09. The van der Waals surface area contributed by atoms with Crippen LogP contribution in [0.5, 0.6) is 0 Å². The summed E-state index contributed by atoms with van der Waals surface area (Å²) in [6, 6.07) is 0. The monoisotopic (exact) mass is 343 g/mol. The van der Waals surface area contributed by atoms with E-state index in [4.69, 9.17) is 47.2 Å². The second-order valence-electron chi connectivity index (χ2n) is 3.30. The molecule has 0 aromatic rings. The van der Waals surface area contributed by atoms with E-state index in [-0.39, 0.29) is 6.61 Å². The fourth-order valence-electron chi connectivity index (χ4n) is 0.795. The highest BCUT2D eigenvalue weighted by Crippen LogP contribution is 2.13. The summed E-state index contributed by atoms with van der Waals surface area (Å²) in [5, 5.41) is 0. The second kappa shape index (κ2) is 14.0. The first-order valence-electron chi connectivity index (χ1n) is 21.3. The Morgan fingerprint density at radius 2 is 1.50 bits per heavy atom. The number of epoxide rings is 1. The molecule has 0 aliphatic carbocycles. The first kappa shape index (κ1) is 3.25. The van der Waals surface area contributed by atoms with Crippen LogP contribution in [0.1, 0.15) is 139 Å². The second-order valence-corrected chi connectivity index (χ2v) is 3.30. The highest BCUT2D eigenvalue weighted by molar-refractivity contribution is 5.69. The molecule has 0 amide bonds. The molecule has 1 heterocycles. The van der Waals surface area contributed by atoms with Crippen molar-refractivity contribution in [2.75, 3.05) is 13.2 Å². The summed E-state index contributed by atoms with van der Waals surface area (Å²) in [5.74, 6) is -2.17. The summed E-state index contributed by atoms with van der Waals surface area (Å²) in [6.07, 6.45) is -68.6. The molecule has 0 radical (unpaired) electrons. The topological polar surface area (TPSA) is 38.8 Å². The SMILES string of the molecule is [2H]C([2H])([2H])C([2H])([2H])C([2H])([2H])C([2H])([2H])C([2H])([2H])C([2H])([2H])C([2H])([2H])C([2H])([2H])C([2H])([2H])C([2H])([2H])C([2H])([2H])C([2H])([2H])C([2H])([2H])C([2H])([2H])C([2H])([2H])C(=O)OCC1CO1. The van der Waals surface area contributed by atoms with E-state index < -0.39 is 115 Å². The van der Waals surface area contributed by atoms with Gasteiger partial charge in [-0.2, -0.15) is 0 Å². The first-order chi connectivity index (χ1) is 22.5. The van der Waals surface area contributed by atoms with E-state index in [2.05, 4.69) is 4.74 Å². The number of hydrogen-bond acceptors (Lipinski definition) is 3. The first-order valence-corrected chi connectivity index (χ1v) is 5.79. The number of ether oxygens (including phenoxy) is 2. The minimum atomic E-state index is -5.12. The Bertz CT molecular complexity index is 1370. The van der Waals surface area contributed by atoms with E-state index in [0.29, 0.717) is 0 Å². The van der Waals surface area contributed by atoms with Gasteiger partial charge in [0.15, 0.2) is 0 Å². The van der Waals surface area contributed by atoms with Crippen molar-refractivity contribution in [2.24, 2.45) is 0 Å². The third-order valence-corrected chi connectivity index (χ3v) is 1.72. The Hall–Kier alpha value is -0.570. The summed E-state index contributed by atoms with van der Waals surface area (Å²) in [4.78, 5) is 12.4. The lowest BCUT2D eigenvalue weighted by atomic mass is 10.0. The van der Waals surface area contributed by atoms with E-state index in [1.807, 2.05) is 0 Å². The molecule has 3 heteroatoms. The molecule has 1 aliphatic rings. The molecule has 0 spiro atoms. The largest absolute Gasteiger partial charge is 0.463 e. The van der Waals surface area contributed by atoms with Crippen molar-refractivity contribution in [3.8, 4) is 0 Å². The Morgan fingerprint density at radius 3 is 2.00 bits per heavy atom. The Kier molecular flexibility index (Phi) is 2.08. The van der Waals surface area contributed by atoms with Crippen LogP contribution in [-0.4, -0.2) is 25.3 Å². The normalized spacial score (nSPS) is 47.3. The fourth-order valence-corrected chi connectivity index (χ4v) is 0.795. The van der Waals surface area contributed by atoms with E-state index >= 15 is 0 Å². The summed E-state index contributed by atoms with van der Waals surface area (Å²) in [7, 11) is 0. The molecule has 0 bridgehead atoms. The van der Waals surface area contributed by atoms with Crippen molar-refractivity contribution in [1.29, 1.82) is 0 Å². The van der Waals surface area contributed by atoms with E-state index in [0.717, 1.165) is 0 Å². The van der Waals surface area contributed by atoms with Crippen LogP contribution in [0.3, 0.4) is 0 Å². The minimum absolute atomic E-state index is 0.0331. The summed E-state index contributed by atoms with van der Waals surface area (Å²) in [5.41, 5.74) is 0. The van der Waals surface area contributed by atoms with Gasteiger partial charge in [0.05, 0.1) is 6.61 Å². The van der Waals surface area contributed by atoms with Crippen molar-refractivity contribution in [2.45, 2.75) is 102 Å². The van der Waals surface area contributed by atoms with Crippen molar-refractivity contribution >= 4 is 5.97 Å². The van der Waals surface area contributed by atoms with Gasteiger partial charge in [-0.05, 0) is 6.37 Å². The van der Waals surface area contributed by atoms with Crippen LogP contribution in [0.2, 0.25) is 0 Å². The molecular formula is C19H36O3. The van der Waals surface area contributed by atoms with Crippen LogP contribution in [0.15, 0.2) is 0 Å². The van der Waals surface area contributed by atoms with Crippen LogP contribution < -0.4 is 0 Å². The quantitative estimate of drug-likeness (QED) is 0.278. The molecule has 130 valence electrons. The van der Waals surface area contributed by atoms with Crippen molar-refractivity contribution in [3.05, 3.63) is 0 Å². The molecule has 0 N–H and O–H groups in total. The van der Waals surface area contributed by atoms with Gasteiger partial charge >= 0.3 is 5.97 Å². The molecule has 1 saturated heterocycles. The minimum Gasteiger partial charge on any atom is -0.463 e. The molecule has 1 rings (SSSR count). The van der Waals surface area contributed by atoms with Crippen LogP contribution in [0, 0.1) is 0 Å². The molecule has 0 saturated carbocycles. The number of carbonyl (C=O) groups excluding carboxylic acids is 1. The van der Waals surface area contributed by atoms with Gasteiger partial charge in [0, 0.05) is 48.9 Å². The van der Waals surface area contributed by atoms with Gasteiger partial charge in [-0.3, -0.25) is 4.79 Å². The van der Waals surface area contributed by atoms with Gasteiger partial charge in [0.2, 0.25) is 0 Å². The number of esters is 1. The summed E-state index contributed by atoms with van der Waals surface area (Å²) < 4.78 is 257. The Morgan fingerprint density at radius 1 is 1.00 bits per heavy atom. The standard InChI is InChI=1S/C19H36O3/c1-2-3-4-5-6-7-8-9-10-11-12-13-14-15-19(20)22-17-18-16-21-18/h18H,2-17H2,1H3/i1D3,2D2,3D2,4D2,5D2,6D2,7D2,8D2,9D2,10D2,11D2,12D2,13D2,14D2,15D2. The molecule has 1 aliphatic heterocycles. The zero-order valence-electron chi connectivity index (χ0n) is 42.2. The number of hydrogen-bond donors (Lipinski definition) is 0. The fraction of sp³-hybridized carbons (Fsp3) is 0.947. The van der Waals surface area contributed by atoms with Crippen LogP contribution in [0.4, 0.5) is 0 Å². The van der Waals surface area contributed by atoms with Gasteiger partial charge in [-0.1, -0.05) is 83.3 Å². The Labute approximate surface area is 180 Å². The van der Waals surface area contributed by atoms with Gasteiger partial charge < -0.3 is 9.47 Å². The van der Waals surface area contributed by atoms with Crippen LogP contribution >= 0.6 is 0 Å². The Balaban J connectivity index is 3.92. The van der Waals surface area contributed by atoms with Gasteiger partial charge in [0.1, 0.15) is 12.7 Å². The molecule has 3 nitrogen and oxygen atoms in total. The van der Waals surface area contributed by atoms with E-state index in [1.54, 1.807) is 0 Å². The number of rotatable bonds is 16. The zero-order valence-corrected chi connectivity index (χ0v) is 11.2. The predicted molar refractivity (Wildman–Crippen MR) is 91.0 cm³/mol. The van der Waals surface area contributed by atoms with Crippen molar-refractivity contribution < 1.29 is 56.8 Å². The maximum atomic E-state index is 12.4. The third kappa shape index (κ3) is 13.1. The molecular weight excluding hydrogens is 276 g/mol. The van der Waals surface area contributed by atoms with E-state index in [1.165, 1.54) is 0 Å². The smallest absolute Gasteiger partial charge is 0.305 e. The predicted octanol–water partition coefficient (Wildman–Crippen LogP) is 5.41. The van der Waals surface area contributed by atoms with Crippen molar-refractivity contribution in [3.63, 3.8) is 0 Å². The van der Waals surface area contributed by atoms with Gasteiger partial charge in [-0.25, -0.2) is 0 Å². The maximum Gasteiger partial charge on any atom is 0.305 e. The van der Waals surface area contributed by atoms with E-state index in [9.17, 15) is 4.79 Å². The van der Waals surface area contributed by atoms with Gasteiger partial charge in [0.25, 0.3) is 0 Å². The molecule has 1 unspecified atom stereocenters. The lowest BCUT2D eigenvalue weighted by molar-refractivity contribution is -0.144. The average molecular weight is 344 g/mol. The van der Waals surface area contributed by atoms with Crippen LogP contribution in [0.25, 0.3) is 0 Å². The average Bonchev–Trinajstić information content (AvgIpc) is 3.78. The van der Waals surface area contributed by atoms with Crippen LogP contribution in [-0.2, 0) is 14.3 Å². The molecule has 0 aromatic heterocycles.